The number of amides is 1. The van der Waals surface area contributed by atoms with Gasteiger partial charge >= 0.3 is 0 Å². The molecular formula is C25H24F3NO4S. The predicted molar refractivity (Wildman–Crippen MR) is 123 cm³/mol. The number of carbonyl (C=O) groups excluding carboxylic acids is 1. The summed E-state index contributed by atoms with van der Waals surface area (Å²) in [5.74, 6) is -2.93. The fraction of sp³-hybridized carbons (Fsp3) is 0.240. The Morgan fingerprint density at radius 1 is 0.941 bits per heavy atom. The molecule has 0 spiro atoms. The van der Waals surface area contributed by atoms with Crippen LogP contribution in [-0.2, 0) is 26.7 Å². The van der Waals surface area contributed by atoms with Gasteiger partial charge in [0.2, 0.25) is 5.91 Å². The lowest BCUT2D eigenvalue weighted by atomic mass is 9.97. The van der Waals surface area contributed by atoms with E-state index in [1.807, 2.05) is 0 Å². The van der Waals surface area contributed by atoms with Gasteiger partial charge in [-0.2, -0.15) is 0 Å². The van der Waals surface area contributed by atoms with Gasteiger partial charge in [-0.25, -0.2) is 21.6 Å². The van der Waals surface area contributed by atoms with E-state index < -0.39 is 38.8 Å². The molecule has 1 N–H and O–H groups in total. The van der Waals surface area contributed by atoms with E-state index in [4.69, 9.17) is 4.74 Å². The highest BCUT2D eigenvalue weighted by Crippen LogP contribution is 2.32. The zero-order valence-electron chi connectivity index (χ0n) is 18.9. The number of hydrogen-bond donors (Lipinski definition) is 1. The first-order chi connectivity index (χ1) is 15.9. The molecule has 0 saturated heterocycles. The first-order valence-electron chi connectivity index (χ1n) is 10.5. The van der Waals surface area contributed by atoms with Crippen LogP contribution in [0.5, 0.6) is 5.75 Å². The molecule has 3 rings (SSSR count). The van der Waals surface area contributed by atoms with Crippen LogP contribution in [-0.4, -0.2) is 20.1 Å². The van der Waals surface area contributed by atoms with Gasteiger partial charge in [-0.05, 0) is 55.8 Å². The van der Waals surface area contributed by atoms with E-state index in [9.17, 15) is 26.4 Å². The molecule has 3 aromatic rings. The van der Waals surface area contributed by atoms with Gasteiger partial charge < -0.3 is 10.1 Å². The maximum absolute atomic E-state index is 14.6. The highest BCUT2D eigenvalue weighted by molar-refractivity contribution is 7.91. The molecular weight excluding hydrogens is 467 g/mol. The third-order valence-corrected chi connectivity index (χ3v) is 6.94. The average Bonchev–Trinajstić information content (AvgIpc) is 2.75. The van der Waals surface area contributed by atoms with Crippen LogP contribution in [0.25, 0.3) is 0 Å². The van der Waals surface area contributed by atoms with Crippen molar-refractivity contribution < 1.29 is 31.1 Å². The van der Waals surface area contributed by atoms with Crippen LogP contribution < -0.4 is 10.1 Å². The summed E-state index contributed by atoms with van der Waals surface area (Å²) in [7, 11) is -3.33. The summed E-state index contributed by atoms with van der Waals surface area (Å²) >= 11 is 0. The van der Waals surface area contributed by atoms with Crippen LogP contribution in [0.15, 0.2) is 65.6 Å². The number of nitrogens with one attached hydrogen (secondary N) is 1. The van der Waals surface area contributed by atoms with Crippen molar-refractivity contribution in [2.75, 3.05) is 11.1 Å². The molecule has 0 fully saturated rings. The third-order valence-electron chi connectivity index (χ3n) is 5.19. The van der Waals surface area contributed by atoms with Crippen molar-refractivity contribution in [3.8, 4) is 5.75 Å². The number of carbonyl (C=O) groups is 1. The lowest BCUT2D eigenvalue weighted by Crippen LogP contribution is -2.27. The normalized spacial score (nSPS) is 11.8. The Morgan fingerprint density at radius 2 is 1.62 bits per heavy atom. The zero-order chi connectivity index (χ0) is 25.1. The maximum Gasteiger partial charge on any atom is 0.228 e. The monoisotopic (exact) mass is 491 g/mol. The standard InChI is InChI=1S/C25H24F3NO4S/c1-4-34(31,32)19-9-5-16(6-10-19)13-24(30)29-18-8-12-23(22(28)15-18)33-25(2,3)20-11-7-17(26)14-21(20)27/h5-12,14-15H,4,13H2,1-3H3,(H,29,30). The quantitative estimate of drug-likeness (QED) is 0.459. The SMILES string of the molecule is CCS(=O)(=O)c1ccc(CC(=O)Nc2ccc(OC(C)(C)c3ccc(F)cc3F)c(F)c2)cc1. The second-order valence-electron chi connectivity index (χ2n) is 8.15. The van der Waals surface area contributed by atoms with Crippen molar-refractivity contribution in [1.82, 2.24) is 0 Å². The van der Waals surface area contributed by atoms with E-state index in [0.717, 1.165) is 18.2 Å². The maximum atomic E-state index is 14.6. The molecule has 1 amide bonds. The number of ether oxygens (including phenoxy) is 1. The Kier molecular flexibility index (Phi) is 7.35. The van der Waals surface area contributed by atoms with Crippen molar-refractivity contribution >= 4 is 21.4 Å². The topological polar surface area (TPSA) is 72.5 Å². The van der Waals surface area contributed by atoms with Gasteiger partial charge in [-0.15, -0.1) is 0 Å². The summed E-state index contributed by atoms with van der Waals surface area (Å²) in [4.78, 5) is 12.5. The minimum Gasteiger partial charge on any atom is -0.480 e. The van der Waals surface area contributed by atoms with Gasteiger partial charge in [0.25, 0.3) is 0 Å². The van der Waals surface area contributed by atoms with Crippen LogP contribution in [0.1, 0.15) is 31.9 Å². The smallest absolute Gasteiger partial charge is 0.228 e. The van der Waals surface area contributed by atoms with Crippen LogP contribution in [0.4, 0.5) is 18.9 Å². The van der Waals surface area contributed by atoms with Crippen molar-refractivity contribution in [2.45, 2.75) is 37.7 Å². The molecule has 0 aliphatic rings. The molecule has 5 nitrogen and oxygen atoms in total. The van der Waals surface area contributed by atoms with Crippen molar-refractivity contribution in [1.29, 1.82) is 0 Å². The number of rotatable bonds is 8. The average molecular weight is 492 g/mol. The van der Waals surface area contributed by atoms with Crippen LogP contribution in [0, 0.1) is 17.5 Å². The summed E-state index contributed by atoms with van der Waals surface area (Å²) in [5, 5.41) is 2.57. The minimum atomic E-state index is -3.33. The zero-order valence-corrected chi connectivity index (χ0v) is 19.7. The van der Waals surface area contributed by atoms with E-state index in [1.54, 1.807) is 19.1 Å². The summed E-state index contributed by atoms with van der Waals surface area (Å²) < 4.78 is 71.4. The molecule has 3 aromatic carbocycles. The molecule has 0 atom stereocenters. The van der Waals surface area contributed by atoms with E-state index in [-0.39, 0.29) is 34.1 Å². The Bertz CT molecular complexity index is 1310. The molecule has 0 aliphatic carbocycles. The minimum absolute atomic E-state index is 0.0197. The molecule has 0 bridgehead atoms. The second kappa shape index (κ2) is 9.89. The Morgan fingerprint density at radius 3 is 2.21 bits per heavy atom. The molecule has 0 saturated carbocycles. The van der Waals surface area contributed by atoms with Crippen molar-refractivity contribution in [3.05, 3.63) is 89.2 Å². The van der Waals surface area contributed by atoms with Crippen LogP contribution in [0.2, 0.25) is 0 Å². The number of anilines is 1. The number of sulfone groups is 1. The fourth-order valence-corrected chi connectivity index (χ4v) is 4.22. The molecule has 34 heavy (non-hydrogen) atoms. The van der Waals surface area contributed by atoms with Crippen molar-refractivity contribution in [3.63, 3.8) is 0 Å². The first kappa shape index (κ1) is 25.3. The van der Waals surface area contributed by atoms with Gasteiger partial charge in [0.05, 0.1) is 17.1 Å². The molecule has 0 radical (unpaired) electrons. The van der Waals surface area contributed by atoms with E-state index >= 15 is 0 Å². The van der Waals surface area contributed by atoms with E-state index in [1.165, 1.54) is 44.2 Å². The largest absolute Gasteiger partial charge is 0.480 e. The molecule has 0 aromatic heterocycles. The van der Waals surface area contributed by atoms with E-state index in [0.29, 0.717) is 5.56 Å². The summed E-state index contributed by atoms with van der Waals surface area (Å²) in [6.07, 6.45) is -0.0385. The summed E-state index contributed by atoms with van der Waals surface area (Å²) in [5.41, 5.74) is -0.453. The first-order valence-corrected chi connectivity index (χ1v) is 12.1. The van der Waals surface area contributed by atoms with Gasteiger partial charge in [0.15, 0.2) is 21.4 Å². The molecule has 180 valence electrons. The second-order valence-corrected chi connectivity index (χ2v) is 10.4. The number of hydrogen-bond acceptors (Lipinski definition) is 4. The fourth-order valence-electron chi connectivity index (χ4n) is 3.34. The number of halogens is 3. The molecule has 0 heterocycles. The molecule has 0 aliphatic heterocycles. The predicted octanol–water partition coefficient (Wildman–Crippen LogP) is 5.39. The van der Waals surface area contributed by atoms with Gasteiger partial charge in [-0.1, -0.05) is 19.1 Å². The van der Waals surface area contributed by atoms with Gasteiger partial charge in [0, 0.05) is 23.4 Å². The Balaban J connectivity index is 1.67. The lowest BCUT2D eigenvalue weighted by Gasteiger charge is -2.27. The van der Waals surface area contributed by atoms with Crippen molar-refractivity contribution in [2.24, 2.45) is 0 Å². The third kappa shape index (κ3) is 5.96. The van der Waals surface area contributed by atoms with Gasteiger partial charge in [0.1, 0.15) is 17.2 Å². The Labute approximate surface area is 196 Å². The van der Waals surface area contributed by atoms with Gasteiger partial charge in [-0.3, -0.25) is 4.79 Å². The number of benzene rings is 3. The molecule has 0 unspecified atom stereocenters. The lowest BCUT2D eigenvalue weighted by molar-refractivity contribution is -0.115. The molecule has 9 heteroatoms. The Hall–Kier alpha value is -3.33. The highest BCUT2D eigenvalue weighted by atomic mass is 32.2. The summed E-state index contributed by atoms with van der Waals surface area (Å²) in [6.45, 7) is 4.60. The van der Waals surface area contributed by atoms with Crippen LogP contribution in [0.3, 0.4) is 0 Å². The van der Waals surface area contributed by atoms with E-state index in [2.05, 4.69) is 5.32 Å². The van der Waals surface area contributed by atoms with Crippen LogP contribution >= 0.6 is 0 Å². The highest BCUT2D eigenvalue weighted by Gasteiger charge is 2.28. The summed E-state index contributed by atoms with van der Waals surface area (Å²) in [6, 6.07) is 12.9.